The summed E-state index contributed by atoms with van der Waals surface area (Å²) in [6.45, 7) is 0. The highest BCUT2D eigenvalue weighted by atomic mass is 35.5. The minimum Gasteiger partial charge on any atom is -0.348 e. The lowest BCUT2D eigenvalue weighted by molar-refractivity contribution is 0.919. The first-order valence-electron chi connectivity index (χ1n) is 9.39. The summed E-state index contributed by atoms with van der Waals surface area (Å²) >= 11 is 11.8. The summed E-state index contributed by atoms with van der Waals surface area (Å²) in [6, 6.07) is 26.3. The maximum Gasteiger partial charge on any atom is 0.110 e. The zero-order valence-electron chi connectivity index (χ0n) is 15.9. The van der Waals surface area contributed by atoms with Crippen LogP contribution in [0.2, 0.25) is 16.4 Å². The number of imidazole rings is 1. The fourth-order valence-corrected chi connectivity index (χ4v) is 3.55. The third-order valence-corrected chi connectivity index (χ3v) is 5.15. The molecule has 29 heavy (non-hydrogen) atoms. The van der Waals surface area contributed by atoms with Crippen LogP contribution < -0.4 is 0 Å². The number of benzene rings is 3. The van der Waals surface area contributed by atoms with Crippen molar-refractivity contribution in [2.45, 2.75) is 18.7 Å². The van der Waals surface area contributed by atoms with Gasteiger partial charge >= 0.3 is 0 Å². The Hall–Kier alpha value is -2.49. The number of hydrogen-bond donors (Lipinski definition) is 1. The molecule has 0 aliphatic carbocycles. The number of nitrogens with zero attached hydrogens (tertiary/aromatic N) is 1. The van der Waals surface area contributed by atoms with E-state index in [0.29, 0.717) is 28.7 Å². The predicted molar refractivity (Wildman–Crippen MR) is 123 cm³/mol. The number of H-pyrrole nitrogens is 1. The fraction of sp³-hybridized carbons (Fsp3) is 0.125. The number of hydrogen-bond acceptors (Lipinski definition) is 1. The van der Waals surface area contributed by atoms with Gasteiger partial charge in [0.1, 0.15) is 5.82 Å². The van der Waals surface area contributed by atoms with Gasteiger partial charge in [0.15, 0.2) is 0 Å². The number of aromatic amines is 1. The van der Waals surface area contributed by atoms with Gasteiger partial charge in [0.05, 0.1) is 7.85 Å². The van der Waals surface area contributed by atoms with Gasteiger partial charge in [-0.05, 0) is 28.8 Å². The SMILES string of the molecule is Clc1ccc(Cc2ncc[nH]2)c(Cl)c1.[B]CC(c1ccccc1)c1ccccc1. The summed E-state index contributed by atoms with van der Waals surface area (Å²) in [5.74, 6) is 1.21. The van der Waals surface area contributed by atoms with E-state index >= 15 is 0 Å². The molecule has 4 rings (SSSR count). The molecule has 0 aliphatic heterocycles. The van der Waals surface area contributed by atoms with Gasteiger partial charge in [-0.1, -0.05) is 96.3 Å². The molecule has 1 N–H and O–H groups in total. The van der Waals surface area contributed by atoms with Crippen molar-refractivity contribution in [1.82, 2.24) is 9.97 Å². The standard InChI is InChI=1S/C14H13B.C10H8Cl2N2/c15-11-14(12-7-3-1-4-8-12)13-9-5-2-6-10-13;11-8-2-1-7(9(12)6-8)5-10-13-3-4-14-10/h1-10,14H,11H2;1-4,6H,5H2,(H,13,14). The molecule has 0 fully saturated rings. The van der Waals surface area contributed by atoms with E-state index < -0.39 is 0 Å². The van der Waals surface area contributed by atoms with Crippen LogP contribution in [0.15, 0.2) is 91.3 Å². The summed E-state index contributed by atoms with van der Waals surface area (Å²) in [6.07, 6.45) is 4.86. The Bertz CT molecular complexity index is 951. The molecule has 3 aromatic carbocycles. The van der Waals surface area contributed by atoms with E-state index in [1.165, 1.54) is 11.1 Å². The lowest BCUT2D eigenvalue weighted by Gasteiger charge is -2.15. The van der Waals surface area contributed by atoms with Crippen LogP contribution in [0.4, 0.5) is 0 Å². The topological polar surface area (TPSA) is 28.7 Å². The van der Waals surface area contributed by atoms with Gasteiger partial charge in [0, 0.05) is 34.8 Å². The molecule has 0 unspecified atom stereocenters. The molecule has 1 aromatic heterocycles. The van der Waals surface area contributed by atoms with Gasteiger partial charge in [-0.15, -0.1) is 0 Å². The number of nitrogens with one attached hydrogen (secondary N) is 1. The van der Waals surface area contributed by atoms with Crippen LogP contribution >= 0.6 is 23.2 Å². The average molecular weight is 419 g/mol. The van der Waals surface area contributed by atoms with Gasteiger partial charge in [-0.3, -0.25) is 0 Å². The van der Waals surface area contributed by atoms with Gasteiger partial charge in [0.25, 0.3) is 0 Å². The monoisotopic (exact) mass is 418 g/mol. The van der Waals surface area contributed by atoms with Crippen LogP contribution in [0, 0.1) is 0 Å². The van der Waals surface area contributed by atoms with E-state index in [0.717, 1.165) is 11.4 Å². The Morgan fingerprint density at radius 1 is 0.862 bits per heavy atom. The van der Waals surface area contributed by atoms with Crippen molar-refractivity contribution in [2.24, 2.45) is 0 Å². The van der Waals surface area contributed by atoms with Crippen molar-refractivity contribution in [3.05, 3.63) is 124 Å². The van der Waals surface area contributed by atoms with E-state index in [1.807, 2.05) is 24.3 Å². The molecule has 2 nitrogen and oxygen atoms in total. The molecule has 1 heterocycles. The zero-order valence-corrected chi connectivity index (χ0v) is 17.4. The Kier molecular flexibility index (Phi) is 7.98. The van der Waals surface area contributed by atoms with Crippen molar-refractivity contribution in [2.75, 3.05) is 0 Å². The average Bonchev–Trinajstić information content (AvgIpc) is 3.26. The quantitative estimate of drug-likeness (QED) is 0.358. The summed E-state index contributed by atoms with van der Waals surface area (Å²) in [7, 11) is 5.84. The summed E-state index contributed by atoms with van der Waals surface area (Å²) in [5.41, 5.74) is 3.59. The minimum atomic E-state index is 0.312. The van der Waals surface area contributed by atoms with Gasteiger partial charge < -0.3 is 4.98 Å². The van der Waals surface area contributed by atoms with Crippen molar-refractivity contribution in [1.29, 1.82) is 0 Å². The van der Waals surface area contributed by atoms with Crippen molar-refractivity contribution < 1.29 is 0 Å². The van der Waals surface area contributed by atoms with Gasteiger partial charge in [-0.2, -0.15) is 0 Å². The molecule has 5 heteroatoms. The molecule has 0 aliphatic rings. The van der Waals surface area contributed by atoms with E-state index in [1.54, 1.807) is 18.5 Å². The second-order valence-corrected chi connectivity index (χ2v) is 7.40. The summed E-state index contributed by atoms with van der Waals surface area (Å²) in [4.78, 5) is 7.15. The van der Waals surface area contributed by atoms with E-state index in [4.69, 9.17) is 31.0 Å². The minimum absolute atomic E-state index is 0.312. The van der Waals surface area contributed by atoms with E-state index in [-0.39, 0.29) is 0 Å². The van der Waals surface area contributed by atoms with Gasteiger partial charge in [0.2, 0.25) is 0 Å². The highest BCUT2D eigenvalue weighted by Gasteiger charge is 2.10. The molecular formula is C24H21BCl2N2. The number of halogens is 2. The van der Waals surface area contributed by atoms with Crippen molar-refractivity contribution in [3.8, 4) is 0 Å². The van der Waals surface area contributed by atoms with Crippen LogP contribution in [-0.2, 0) is 6.42 Å². The lowest BCUT2D eigenvalue weighted by Crippen LogP contribution is -1.99. The Morgan fingerprint density at radius 2 is 1.48 bits per heavy atom. The summed E-state index contributed by atoms with van der Waals surface area (Å²) < 4.78 is 0. The molecule has 0 bridgehead atoms. The second-order valence-electron chi connectivity index (χ2n) is 6.56. The fourth-order valence-electron chi connectivity index (χ4n) is 3.08. The maximum absolute atomic E-state index is 6.02. The predicted octanol–water partition coefficient (Wildman–Crippen LogP) is 6.71. The van der Waals surface area contributed by atoms with Crippen molar-refractivity contribution in [3.63, 3.8) is 0 Å². The van der Waals surface area contributed by atoms with E-state index in [9.17, 15) is 0 Å². The highest BCUT2D eigenvalue weighted by Crippen LogP contribution is 2.26. The molecule has 0 saturated heterocycles. The van der Waals surface area contributed by atoms with Crippen LogP contribution in [-0.4, -0.2) is 17.8 Å². The molecule has 0 saturated carbocycles. The lowest BCUT2D eigenvalue weighted by atomic mass is 9.81. The maximum atomic E-state index is 6.02. The molecule has 0 spiro atoms. The molecule has 4 aromatic rings. The first-order valence-corrected chi connectivity index (χ1v) is 10.1. The third-order valence-electron chi connectivity index (χ3n) is 4.57. The highest BCUT2D eigenvalue weighted by molar-refractivity contribution is 6.35. The Labute approximate surface area is 183 Å². The normalized spacial score (nSPS) is 10.4. The number of rotatable bonds is 5. The summed E-state index contributed by atoms with van der Waals surface area (Å²) in [5, 5.41) is 1.33. The van der Waals surface area contributed by atoms with Crippen LogP contribution in [0.1, 0.15) is 28.4 Å². The molecular weight excluding hydrogens is 398 g/mol. The number of aromatic nitrogens is 2. The third kappa shape index (κ3) is 6.25. The Balaban J connectivity index is 0.000000166. The van der Waals surface area contributed by atoms with Crippen LogP contribution in [0.25, 0.3) is 0 Å². The molecule has 2 radical (unpaired) electrons. The second kappa shape index (κ2) is 10.9. The Morgan fingerprint density at radius 3 is 1.97 bits per heavy atom. The first-order chi connectivity index (χ1) is 14.2. The molecule has 0 atom stereocenters. The van der Waals surface area contributed by atoms with Crippen LogP contribution in [0.5, 0.6) is 0 Å². The largest absolute Gasteiger partial charge is 0.348 e. The van der Waals surface area contributed by atoms with E-state index in [2.05, 4.69) is 58.5 Å². The first kappa shape index (κ1) is 21.2. The molecule has 0 amide bonds. The van der Waals surface area contributed by atoms with Crippen molar-refractivity contribution >= 4 is 31.0 Å². The molecule has 144 valence electrons. The zero-order chi connectivity index (χ0) is 20.5. The van der Waals surface area contributed by atoms with Gasteiger partial charge in [-0.25, -0.2) is 4.98 Å². The smallest absolute Gasteiger partial charge is 0.110 e. The van der Waals surface area contributed by atoms with Crippen LogP contribution in [0.3, 0.4) is 0 Å².